The second-order valence-electron chi connectivity index (χ2n) is 2.23. The lowest BCUT2D eigenvalue weighted by Crippen LogP contribution is -2.04. The molecule has 0 saturated heterocycles. The molecule has 2 N–H and O–H groups in total. The lowest BCUT2D eigenvalue weighted by atomic mass is 10.1. The van der Waals surface area contributed by atoms with Gasteiger partial charge in [0.2, 0.25) is 0 Å². The molecule has 0 unspecified atom stereocenters. The van der Waals surface area contributed by atoms with E-state index in [0.29, 0.717) is 5.92 Å². The SMILES string of the molecule is C/N=C\C=C(/N)C(C)C. The van der Waals surface area contributed by atoms with E-state index in [1.807, 2.05) is 6.08 Å². The molecule has 9 heavy (non-hydrogen) atoms. The molecule has 0 spiro atoms. The van der Waals surface area contributed by atoms with Gasteiger partial charge in [0, 0.05) is 19.0 Å². The van der Waals surface area contributed by atoms with E-state index in [1.165, 1.54) is 0 Å². The molecule has 0 heterocycles. The first kappa shape index (κ1) is 8.21. The topological polar surface area (TPSA) is 38.4 Å². The van der Waals surface area contributed by atoms with E-state index in [2.05, 4.69) is 18.8 Å². The molecular formula is C7H14N2. The Hall–Kier alpha value is -0.790. The van der Waals surface area contributed by atoms with Crippen LogP contribution in [-0.4, -0.2) is 13.3 Å². The van der Waals surface area contributed by atoms with Gasteiger partial charge in [-0.3, -0.25) is 4.99 Å². The minimum Gasteiger partial charge on any atom is -0.402 e. The largest absolute Gasteiger partial charge is 0.402 e. The maximum Gasteiger partial charge on any atom is 0.0277 e. The second-order valence-corrected chi connectivity index (χ2v) is 2.23. The van der Waals surface area contributed by atoms with Crippen LogP contribution in [0.15, 0.2) is 16.8 Å². The zero-order valence-electron chi connectivity index (χ0n) is 6.26. The Morgan fingerprint density at radius 1 is 1.56 bits per heavy atom. The lowest BCUT2D eigenvalue weighted by molar-refractivity contribution is 0.759. The van der Waals surface area contributed by atoms with E-state index in [1.54, 1.807) is 13.3 Å². The fraction of sp³-hybridized carbons (Fsp3) is 0.571. The van der Waals surface area contributed by atoms with Crippen molar-refractivity contribution in [1.82, 2.24) is 0 Å². The molecule has 0 aromatic rings. The Morgan fingerprint density at radius 3 is 2.44 bits per heavy atom. The normalized spacial score (nSPS) is 13.6. The Balaban J connectivity index is 3.84. The Kier molecular flexibility index (Phi) is 3.76. The van der Waals surface area contributed by atoms with Crippen molar-refractivity contribution in [1.29, 1.82) is 0 Å². The Labute approximate surface area is 56.5 Å². The van der Waals surface area contributed by atoms with Crippen LogP contribution in [0.4, 0.5) is 0 Å². The third-order valence-corrected chi connectivity index (χ3v) is 1.08. The molecule has 0 radical (unpaired) electrons. The van der Waals surface area contributed by atoms with Crippen LogP contribution in [0.3, 0.4) is 0 Å². The van der Waals surface area contributed by atoms with E-state index in [9.17, 15) is 0 Å². The standard InChI is InChI=1S/C7H14N2/c1-6(2)7(8)4-5-9-3/h4-6H,8H2,1-3H3/b7-4-,9-5-. The summed E-state index contributed by atoms with van der Waals surface area (Å²) in [5, 5.41) is 0. The predicted molar refractivity (Wildman–Crippen MR) is 41.5 cm³/mol. The van der Waals surface area contributed by atoms with E-state index in [-0.39, 0.29) is 0 Å². The summed E-state index contributed by atoms with van der Waals surface area (Å²) in [4.78, 5) is 3.78. The molecule has 0 fully saturated rings. The molecule has 0 atom stereocenters. The predicted octanol–water partition coefficient (Wildman–Crippen LogP) is 1.19. The van der Waals surface area contributed by atoms with Gasteiger partial charge in [-0.25, -0.2) is 0 Å². The molecule has 0 saturated carbocycles. The summed E-state index contributed by atoms with van der Waals surface area (Å²) >= 11 is 0. The second kappa shape index (κ2) is 4.13. The van der Waals surface area contributed by atoms with Gasteiger partial charge >= 0.3 is 0 Å². The quantitative estimate of drug-likeness (QED) is 0.554. The van der Waals surface area contributed by atoms with Gasteiger partial charge in [0.1, 0.15) is 0 Å². The monoisotopic (exact) mass is 126 g/mol. The number of rotatable bonds is 2. The molecule has 0 aliphatic heterocycles. The molecule has 0 amide bonds. The van der Waals surface area contributed by atoms with Crippen LogP contribution in [0.1, 0.15) is 13.8 Å². The summed E-state index contributed by atoms with van der Waals surface area (Å²) in [6.45, 7) is 4.10. The first-order chi connectivity index (χ1) is 4.18. The van der Waals surface area contributed by atoms with Gasteiger partial charge in [-0.1, -0.05) is 13.8 Å². The van der Waals surface area contributed by atoms with Crippen molar-refractivity contribution in [3.05, 3.63) is 11.8 Å². The van der Waals surface area contributed by atoms with E-state index < -0.39 is 0 Å². The lowest BCUT2D eigenvalue weighted by Gasteiger charge is -2.01. The molecule has 0 aliphatic carbocycles. The summed E-state index contributed by atoms with van der Waals surface area (Å²) in [5.74, 6) is 0.419. The zero-order chi connectivity index (χ0) is 7.28. The smallest absolute Gasteiger partial charge is 0.0277 e. The summed E-state index contributed by atoms with van der Waals surface area (Å²) in [7, 11) is 1.73. The van der Waals surface area contributed by atoms with Crippen molar-refractivity contribution in [3.63, 3.8) is 0 Å². The summed E-state index contributed by atoms with van der Waals surface area (Å²) in [6.07, 6.45) is 3.53. The molecule has 0 bridgehead atoms. The van der Waals surface area contributed by atoms with Crippen molar-refractivity contribution in [2.24, 2.45) is 16.6 Å². The van der Waals surface area contributed by atoms with Crippen LogP contribution in [0.5, 0.6) is 0 Å². The number of nitrogens with zero attached hydrogens (tertiary/aromatic N) is 1. The summed E-state index contributed by atoms with van der Waals surface area (Å²) < 4.78 is 0. The average Bonchev–Trinajstić information content (AvgIpc) is 1.82. The van der Waals surface area contributed by atoms with E-state index in [0.717, 1.165) is 5.70 Å². The highest BCUT2D eigenvalue weighted by Gasteiger charge is 1.92. The Morgan fingerprint density at radius 2 is 2.11 bits per heavy atom. The summed E-state index contributed by atoms with van der Waals surface area (Å²) in [5.41, 5.74) is 6.45. The van der Waals surface area contributed by atoms with Crippen LogP contribution >= 0.6 is 0 Å². The first-order valence-electron chi connectivity index (χ1n) is 3.06. The van der Waals surface area contributed by atoms with Gasteiger partial charge in [-0.05, 0) is 12.0 Å². The van der Waals surface area contributed by atoms with Gasteiger partial charge < -0.3 is 5.73 Å². The molecule has 0 aromatic carbocycles. The highest BCUT2D eigenvalue weighted by atomic mass is 14.6. The van der Waals surface area contributed by atoms with Crippen LogP contribution in [0.25, 0.3) is 0 Å². The summed E-state index contributed by atoms with van der Waals surface area (Å²) in [6, 6.07) is 0. The van der Waals surface area contributed by atoms with Crippen molar-refractivity contribution < 1.29 is 0 Å². The average molecular weight is 126 g/mol. The van der Waals surface area contributed by atoms with Crippen molar-refractivity contribution in [2.75, 3.05) is 7.05 Å². The molecule has 2 heteroatoms. The van der Waals surface area contributed by atoms with Gasteiger partial charge in [-0.2, -0.15) is 0 Å². The van der Waals surface area contributed by atoms with E-state index >= 15 is 0 Å². The minimum absolute atomic E-state index is 0.419. The van der Waals surface area contributed by atoms with Crippen LogP contribution in [-0.2, 0) is 0 Å². The molecular weight excluding hydrogens is 112 g/mol. The van der Waals surface area contributed by atoms with Crippen molar-refractivity contribution in [3.8, 4) is 0 Å². The molecule has 0 aliphatic rings. The fourth-order valence-corrected chi connectivity index (χ4v) is 0.353. The zero-order valence-corrected chi connectivity index (χ0v) is 6.26. The van der Waals surface area contributed by atoms with Crippen LogP contribution < -0.4 is 5.73 Å². The maximum absolute atomic E-state index is 5.57. The van der Waals surface area contributed by atoms with E-state index in [4.69, 9.17) is 5.73 Å². The number of nitrogens with two attached hydrogens (primary N) is 1. The number of allylic oxidation sites excluding steroid dienone is 2. The van der Waals surface area contributed by atoms with Gasteiger partial charge in [-0.15, -0.1) is 0 Å². The highest BCUT2D eigenvalue weighted by molar-refractivity contribution is 5.71. The van der Waals surface area contributed by atoms with Crippen molar-refractivity contribution >= 4 is 6.21 Å². The van der Waals surface area contributed by atoms with Gasteiger partial charge in [0.25, 0.3) is 0 Å². The third-order valence-electron chi connectivity index (χ3n) is 1.08. The fourth-order valence-electron chi connectivity index (χ4n) is 0.353. The third kappa shape index (κ3) is 3.76. The number of aliphatic imine (C=N–C) groups is 1. The van der Waals surface area contributed by atoms with Crippen LogP contribution in [0, 0.1) is 5.92 Å². The first-order valence-corrected chi connectivity index (χ1v) is 3.06. The molecule has 0 rings (SSSR count). The highest BCUT2D eigenvalue weighted by Crippen LogP contribution is 1.99. The van der Waals surface area contributed by atoms with Crippen molar-refractivity contribution in [2.45, 2.75) is 13.8 Å². The van der Waals surface area contributed by atoms with Gasteiger partial charge in [0.15, 0.2) is 0 Å². The molecule has 2 nitrogen and oxygen atoms in total. The maximum atomic E-state index is 5.57. The minimum atomic E-state index is 0.419. The number of hydrogen-bond acceptors (Lipinski definition) is 2. The molecule has 52 valence electrons. The number of hydrogen-bond donors (Lipinski definition) is 1. The Bertz CT molecular complexity index is 123. The molecule has 0 aromatic heterocycles. The van der Waals surface area contributed by atoms with Crippen LogP contribution in [0.2, 0.25) is 0 Å². The van der Waals surface area contributed by atoms with Gasteiger partial charge in [0.05, 0.1) is 0 Å².